The van der Waals surface area contributed by atoms with Crippen LogP contribution in [0.1, 0.15) is 44.9 Å². The number of pyridine rings is 1. The van der Waals surface area contributed by atoms with Gasteiger partial charge in [-0.1, -0.05) is 31.7 Å². The maximum Gasteiger partial charge on any atom is 0.128 e. The molecule has 0 aliphatic heterocycles. The summed E-state index contributed by atoms with van der Waals surface area (Å²) in [5.41, 5.74) is 5.67. The fourth-order valence-electron chi connectivity index (χ4n) is 2.84. The predicted molar refractivity (Wildman–Crippen MR) is 76.7 cm³/mol. The molecule has 0 bridgehead atoms. The molecule has 2 rings (SSSR count). The summed E-state index contributed by atoms with van der Waals surface area (Å²) in [6, 6.07) is 6.85. The quantitative estimate of drug-likeness (QED) is 0.813. The van der Waals surface area contributed by atoms with Gasteiger partial charge < -0.3 is 10.6 Å². The summed E-state index contributed by atoms with van der Waals surface area (Å²) in [7, 11) is 0. The molecule has 0 saturated heterocycles. The molecule has 1 heterocycles. The number of nitrogens with zero attached hydrogens (tertiary/aromatic N) is 2. The van der Waals surface area contributed by atoms with E-state index in [1.807, 2.05) is 12.3 Å². The van der Waals surface area contributed by atoms with E-state index in [0.29, 0.717) is 6.04 Å². The highest BCUT2D eigenvalue weighted by Crippen LogP contribution is 2.25. The molecular weight excluding hydrogens is 222 g/mol. The van der Waals surface area contributed by atoms with Crippen LogP contribution in [-0.4, -0.2) is 24.1 Å². The van der Waals surface area contributed by atoms with Gasteiger partial charge in [0.15, 0.2) is 0 Å². The van der Waals surface area contributed by atoms with E-state index in [0.717, 1.165) is 25.3 Å². The molecule has 1 aromatic rings. The van der Waals surface area contributed by atoms with Crippen molar-refractivity contribution in [1.82, 2.24) is 4.98 Å². The van der Waals surface area contributed by atoms with Crippen molar-refractivity contribution in [2.75, 3.05) is 18.0 Å². The fourth-order valence-corrected chi connectivity index (χ4v) is 2.84. The van der Waals surface area contributed by atoms with E-state index in [4.69, 9.17) is 5.73 Å². The predicted octanol–water partition coefficient (Wildman–Crippen LogP) is 2.96. The van der Waals surface area contributed by atoms with Crippen molar-refractivity contribution in [2.45, 2.75) is 51.0 Å². The first-order valence-corrected chi connectivity index (χ1v) is 7.29. The lowest BCUT2D eigenvalue weighted by atomic mass is 10.1. The fraction of sp³-hybridized carbons (Fsp3) is 0.667. The van der Waals surface area contributed by atoms with Gasteiger partial charge in [-0.3, -0.25) is 0 Å². The van der Waals surface area contributed by atoms with Crippen LogP contribution in [0.2, 0.25) is 0 Å². The van der Waals surface area contributed by atoms with Gasteiger partial charge in [0.05, 0.1) is 0 Å². The van der Waals surface area contributed by atoms with E-state index < -0.39 is 0 Å². The van der Waals surface area contributed by atoms with E-state index >= 15 is 0 Å². The number of hydrogen-bond donors (Lipinski definition) is 1. The third-order valence-corrected chi connectivity index (χ3v) is 3.81. The third kappa shape index (κ3) is 3.70. The van der Waals surface area contributed by atoms with E-state index in [1.165, 1.54) is 38.5 Å². The number of anilines is 1. The molecule has 0 spiro atoms. The van der Waals surface area contributed by atoms with E-state index in [9.17, 15) is 0 Å². The van der Waals surface area contributed by atoms with Crippen LogP contribution in [0.4, 0.5) is 5.82 Å². The van der Waals surface area contributed by atoms with Gasteiger partial charge in [-0.15, -0.1) is 0 Å². The molecule has 0 aromatic carbocycles. The van der Waals surface area contributed by atoms with Crippen LogP contribution in [0.5, 0.6) is 0 Å². The van der Waals surface area contributed by atoms with Crippen molar-refractivity contribution >= 4 is 5.82 Å². The van der Waals surface area contributed by atoms with Crippen LogP contribution in [-0.2, 0) is 0 Å². The van der Waals surface area contributed by atoms with Gasteiger partial charge in [0.1, 0.15) is 5.82 Å². The first-order chi connectivity index (χ1) is 8.92. The van der Waals surface area contributed by atoms with Crippen LogP contribution >= 0.6 is 0 Å². The zero-order valence-electron chi connectivity index (χ0n) is 11.2. The average Bonchev–Trinajstić information content (AvgIpc) is 2.70. The zero-order valence-corrected chi connectivity index (χ0v) is 11.2. The smallest absolute Gasteiger partial charge is 0.128 e. The second kappa shape index (κ2) is 7.37. The Morgan fingerprint density at radius 3 is 2.56 bits per heavy atom. The van der Waals surface area contributed by atoms with Crippen LogP contribution in [0, 0.1) is 0 Å². The molecule has 2 N–H and O–H groups in total. The number of hydrogen-bond acceptors (Lipinski definition) is 3. The molecule has 0 radical (unpaired) electrons. The molecule has 0 amide bonds. The van der Waals surface area contributed by atoms with Gasteiger partial charge in [0.25, 0.3) is 0 Å². The van der Waals surface area contributed by atoms with Crippen molar-refractivity contribution in [3.63, 3.8) is 0 Å². The number of rotatable bonds is 5. The molecule has 0 atom stereocenters. The van der Waals surface area contributed by atoms with E-state index in [-0.39, 0.29) is 0 Å². The minimum atomic E-state index is 0.661. The Hall–Kier alpha value is -1.09. The lowest BCUT2D eigenvalue weighted by Gasteiger charge is -2.32. The second-order valence-electron chi connectivity index (χ2n) is 5.17. The molecule has 1 saturated carbocycles. The first-order valence-electron chi connectivity index (χ1n) is 7.29. The summed E-state index contributed by atoms with van der Waals surface area (Å²) in [6.45, 7) is 1.80. The highest BCUT2D eigenvalue weighted by molar-refractivity contribution is 5.39. The second-order valence-corrected chi connectivity index (χ2v) is 5.17. The summed E-state index contributed by atoms with van der Waals surface area (Å²) in [6.07, 6.45) is 11.1. The summed E-state index contributed by atoms with van der Waals surface area (Å²) < 4.78 is 0. The third-order valence-electron chi connectivity index (χ3n) is 3.81. The van der Waals surface area contributed by atoms with Gasteiger partial charge in [0, 0.05) is 18.8 Å². The molecule has 1 aromatic heterocycles. The molecule has 18 heavy (non-hydrogen) atoms. The Bertz CT molecular complexity index is 318. The van der Waals surface area contributed by atoms with Crippen molar-refractivity contribution in [1.29, 1.82) is 0 Å². The zero-order chi connectivity index (χ0) is 12.6. The first kappa shape index (κ1) is 13.3. The molecule has 1 aliphatic rings. The molecule has 3 heteroatoms. The molecule has 1 aliphatic carbocycles. The molecule has 100 valence electrons. The summed E-state index contributed by atoms with van der Waals surface area (Å²) in [5, 5.41) is 0. The van der Waals surface area contributed by atoms with Gasteiger partial charge >= 0.3 is 0 Å². The van der Waals surface area contributed by atoms with Crippen LogP contribution in [0.25, 0.3) is 0 Å². The molecule has 0 unspecified atom stereocenters. The van der Waals surface area contributed by atoms with Crippen molar-refractivity contribution < 1.29 is 0 Å². The SMILES string of the molecule is NCCCN(c1ccccn1)C1CCCCCC1. The summed E-state index contributed by atoms with van der Waals surface area (Å²) in [4.78, 5) is 7.01. The summed E-state index contributed by atoms with van der Waals surface area (Å²) >= 11 is 0. The Kier molecular flexibility index (Phi) is 5.46. The topological polar surface area (TPSA) is 42.1 Å². The largest absolute Gasteiger partial charge is 0.354 e. The van der Waals surface area contributed by atoms with E-state index in [2.05, 4.69) is 22.0 Å². The highest BCUT2D eigenvalue weighted by atomic mass is 15.2. The normalized spacial score (nSPS) is 17.4. The highest BCUT2D eigenvalue weighted by Gasteiger charge is 2.20. The standard InChI is InChI=1S/C15H25N3/c16-11-7-13-18(15-10-5-6-12-17-15)14-8-3-1-2-4-9-14/h5-6,10,12,14H,1-4,7-9,11,13,16H2. The minimum absolute atomic E-state index is 0.661. The van der Waals surface area contributed by atoms with Gasteiger partial charge in [-0.2, -0.15) is 0 Å². The molecular formula is C15H25N3. The maximum absolute atomic E-state index is 5.67. The van der Waals surface area contributed by atoms with Crippen LogP contribution in [0.3, 0.4) is 0 Å². The van der Waals surface area contributed by atoms with Gasteiger partial charge in [-0.25, -0.2) is 4.98 Å². The lowest BCUT2D eigenvalue weighted by Crippen LogP contribution is -2.37. The average molecular weight is 247 g/mol. The Balaban J connectivity index is 2.08. The van der Waals surface area contributed by atoms with E-state index in [1.54, 1.807) is 0 Å². The molecule has 1 fully saturated rings. The number of nitrogens with two attached hydrogens (primary N) is 1. The van der Waals surface area contributed by atoms with Crippen molar-refractivity contribution in [2.24, 2.45) is 5.73 Å². The maximum atomic E-state index is 5.67. The van der Waals surface area contributed by atoms with Crippen molar-refractivity contribution in [3.05, 3.63) is 24.4 Å². The van der Waals surface area contributed by atoms with Crippen LogP contribution in [0.15, 0.2) is 24.4 Å². The minimum Gasteiger partial charge on any atom is -0.354 e. The Morgan fingerprint density at radius 1 is 1.17 bits per heavy atom. The lowest BCUT2D eigenvalue weighted by molar-refractivity contribution is 0.515. The number of aromatic nitrogens is 1. The Labute approximate surface area is 110 Å². The summed E-state index contributed by atoms with van der Waals surface area (Å²) in [5.74, 6) is 1.12. The van der Waals surface area contributed by atoms with Gasteiger partial charge in [0.2, 0.25) is 0 Å². The molecule has 3 nitrogen and oxygen atoms in total. The Morgan fingerprint density at radius 2 is 1.94 bits per heavy atom. The van der Waals surface area contributed by atoms with Crippen LogP contribution < -0.4 is 10.6 Å². The monoisotopic (exact) mass is 247 g/mol. The van der Waals surface area contributed by atoms with Crippen molar-refractivity contribution in [3.8, 4) is 0 Å². The van der Waals surface area contributed by atoms with Gasteiger partial charge in [-0.05, 0) is 37.9 Å².